The summed E-state index contributed by atoms with van der Waals surface area (Å²) in [7, 11) is -3.08. The second-order valence-electron chi connectivity index (χ2n) is 6.53. The molecule has 2 N–H and O–H groups in total. The Morgan fingerprint density at radius 3 is 2.59 bits per heavy atom. The molecule has 0 fully saturated rings. The van der Waals surface area contributed by atoms with Crippen molar-refractivity contribution in [3.8, 4) is 17.1 Å². The highest BCUT2D eigenvalue weighted by Gasteiger charge is 2.42. The van der Waals surface area contributed by atoms with E-state index in [1.807, 2.05) is 0 Å². The summed E-state index contributed by atoms with van der Waals surface area (Å²) in [4.78, 5) is 27.6. The van der Waals surface area contributed by atoms with Crippen molar-refractivity contribution in [2.45, 2.75) is 11.9 Å². The number of halogens is 4. The van der Waals surface area contributed by atoms with E-state index in [1.165, 1.54) is 43.8 Å². The topological polar surface area (TPSA) is 132 Å². The summed E-state index contributed by atoms with van der Waals surface area (Å²) in [5, 5.41) is 2.83. The third-order valence-electron chi connectivity index (χ3n) is 4.01. The third-order valence-corrected chi connectivity index (χ3v) is 5.06. The zero-order chi connectivity index (χ0) is 24.9. The maximum absolute atomic E-state index is 13.4. The second kappa shape index (κ2) is 9.96. The van der Waals surface area contributed by atoms with Crippen molar-refractivity contribution in [2.24, 2.45) is 0 Å². The van der Waals surface area contributed by atoms with Crippen molar-refractivity contribution < 1.29 is 40.3 Å². The van der Waals surface area contributed by atoms with Crippen LogP contribution >= 0.6 is 0 Å². The molecule has 0 amide bonds. The molecule has 0 saturated carbocycles. The molecular formula is C19H15F4N5O5S. The van der Waals surface area contributed by atoms with Crippen LogP contribution in [0.25, 0.3) is 11.4 Å². The van der Waals surface area contributed by atoms with Crippen molar-refractivity contribution in [1.29, 1.82) is 0 Å². The fourth-order valence-electron chi connectivity index (χ4n) is 2.61. The van der Waals surface area contributed by atoms with Crippen LogP contribution in [0.1, 0.15) is 5.56 Å². The van der Waals surface area contributed by atoms with Crippen molar-refractivity contribution in [2.75, 3.05) is 12.4 Å². The Balaban J connectivity index is 1.74. The highest BCUT2D eigenvalue weighted by Crippen LogP contribution is 2.28. The first kappa shape index (κ1) is 24.8. The van der Waals surface area contributed by atoms with E-state index in [0.717, 1.165) is 11.0 Å². The van der Waals surface area contributed by atoms with Crippen LogP contribution in [0.2, 0.25) is 0 Å². The van der Waals surface area contributed by atoms with Crippen LogP contribution in [0.3, 0.4) is 0 Å². The Kier molecular flexibility index (Phi) is 7.26. The quantitative estimate of drug-likeness (QED) is 0.353. The molecule has 0 aliphatic carbocycles. The Hall–Kier alpha value is -3.85. The van der Waals surface area contributed by atoms with Crippen molar-refractivity contribution in [3.05, 3.63) is 60.2 Å². The van der Waals surface area contributed by atoms with Gasteiger partial charge in [-0.15, -0.1) is 0 Å². The largest absolute Gasteiger partial charge is 0.496 e. The highest BCUT2D eigenvalue weighted by molar-refractivity contribution is 7.88. The molecule has 1 aromatic heterocycles. The number of anilines is 2. The minimum atomic E-state index is -5.35. The number of carbonyl (C=O) groups is 1. The van der Waals surface area contributed by atoms with Gasteiger partial charge in [-0.2, -0.15) is 18.2 Å². The molecule has 3 rings (SSSR count). The van der Waals surface area contributed by atoms with Crippen LogP contribution in [0.15, 0.2) is 48.8 Å². The summed E-state index contributed by atoms with van der Waals surface area (Å²) in [5.74, 6) is -3.57. The number of alkyl halides is 3. The summed E-state index contributed by atoms with van der Waals surface area (Å²) < 4.78 is 78.9. The lowest BCUT2D eigenvalue weighted by molar-refractivity contribution is -0.203. The average molecular weight is 501 g/mol. The highest BCUT2D eigenvalue weighted by atomic mass is 32.2. The molecule has 0 aliphatic rings. The number of aromatic nitrogens is 3. The van der Waals surface area contributed by atoms with Gasteiger partial charge in [-0.1, -0.05) is 12.1 Å². The Morgan fingerprint density at radius 1 is 1.12 bits per heavy atom. The molecule has 34 heavy (non-hydrogen) atoms. The van der Waals surface area contributed by atoms with Crippen LogP contribution in [0.4, 0.5) is 29.2 Å². The monoisotopic (exact) mass is 501 g/mol. The molecule has 3 aromatic rings. The van der Waals surface area contributed by atoms with Gasteiger partial charge in [-0.25, -0.2) is 27.6 Å². The second-order valence-corrected chi connectivity index (χ2v) is 8.22. The van der Waals surface area contributed by atoms with E-state index in [-0.39, 0.29) is 23.1 Å². The number of rotatable bonds is 8. The summed E-state index contributed by atoms with van der Waals surface area (Å²) in [6, 6.07) is 9.58. The smallest absolute Gasteiger partial charge is 0.492 e. The third kappa shape index (κ3) is 6.58. The summed E-state index contributed by atoms with van der Waals surface area (Å²) in [6.45, 7) is 0. The fourth-order valence-corrected chi connectivity index (χ4v) is 3.49. The number of nitrogens with zero attached hydrogens (tertiary/aromatic N) is 3. The molecule has 0 bridgehead atoms. The van der Waals surface area contributed by atoms with Gasteiger partial charge < -0.3 is 14.9 Å². The van der Waals surface area contributed by atoms with E-state index in [0.29, 0.717) is 11.3 Å². The number of hydrogen-bond donors (Lipinski definition) is 2. The number of carbonyl (C=O) groups excluding carboxylic acids is 1. The number of benzene rings is 2. The van der Waals surface area contributed by atoms with Crippen molar-refractivity contribution >= 4 is 27.6 Å². The van der Waals surface area contributed by atoms with Gasteiger partial charge in [-0.3, -0.25) is 0 Å². The predicted molar refractivity (Wildman–Crippen MR) is 109 cm³/mol. The lowest BCUT2D eigenvalue weighted by atomic mass is 10.2. The molecule has 0 unspecified atom stereocenters. The first-order chi connectivity index (χ1) is 16.0. The van der Waals surface area contributed by atoms with Crippen LogP contribution in [0.5, 0.6) is 5.75 Å². The van der Waals surface area contributed by atoms with Crippen LogP contribution < -0.4 is 14.9 Å². The number of ether oxygens (including phenoxy) is 1. The standard InChI is InChI=1S/C19H15F4N5O5S/c1-32-15-8-12(20)5-6-14(15)16-24-10-25-18(27-16)26-13-4-2-3-11(7-13)9-34(30,31)28-33-17(29)19(21,22)23/h2-8,10,28H,9H2,1H3,(H,24,25,26,27). The first-order valence-corrected chi connectivity index (χ1v) is 10.8. The molecule has 0 saturated heterocycles. The molecule has 0 aliphatic heterocycles. The lowest BCUT2D eigenvalue weighted by Gasteiger charge is -2.11. The van der Waals surface area contributed by atoms with Gasteiger partial charge in [0.1, 0.15) is 17.9 Å². The van der Waals surface area contributed by atoms with E-state index in [1.54, 1.807) is 6.07 Å². The van der Waals surface area contributed by atoms with Crippen LogP contribution in [-0.4, -0.2) is 42.6 Å². The normalized spacial score (nSPS) is 11.7. The molecule has 10 nitrogen and oxygen atoms in total. The van der Waals surface area contributed by atoms with Gasteiger partial charge in [-0.05, 0) is 34.7 Å². The summed E-state index contributed by atoms with van der Waals surface area (Å²) in [6.07, 6.45) is -4.16. The predicted octanol–water partition coefficient (Wildman–Crippen LogP) is 2.87. The van der Waals surface area contributed by atoms with Crippen molar-refractivity contribution in [1.82, 2.24) is 19.8 Å². The molecule has 15 heteroatoms. The van der Waals surface area contributed by atoms with E-state index < -0.39 is 33.7 Å². The first-order valence-electron chi connectivity index (χ1n) is 9.13. The SMILES string of the molecule is COc1cc(F)ccc1-c1ncnc(Nc2cccc(CS(=O)(=O)NOC(=O)C(F)(F)F)c2)n1. The number of hydrogen-bond acceptors (Lipinski definition) is 9. The fraction of sp³-hybridized carbons (Fsp3) is 0.158. The zero-order valence-corrected chi connectivity index (χ0v) is 17.9. The van der Waals surface area contributed by atoms with Crippen LogP contribution in [0, 0.1) is 5.82 Å². The Bertz CT molecular complexity index is 1300. The van der Waals surface area contributed by atoms with E-state index in [4.69, 9.17) is 4.74 Å². The van der Waals surface area contributed by atoms with E-state index in [9.17, 15) is 30.8 Å². The molecular weight excluding hydrogens is 486 g/mol. The summed E-state index contributed by atoms with van der Waals surface area (Å²) >= 11 is 0. The van der Waals surface area contributed by atoms with Gasteiger partial charge in [0.25, 0.3) is 0 Å². The minimum absolute atomic E-state index is 0.0635. The zero-order valence-electron chi connectivity index (χ0n) is 17.1. The van der Waals surface area contributed by atoms with E-state index >= 15 is 0 Å². The van der Waals surface area contributed by atoms with Gasteiger partial charge in [0.2, 0.25) is 16.0 Å². The Morgan fingerprint density at radius 2 is 1.88 bits per heavy atom. The van der Waals surface area contributed by atoms with Gasteiger partial charge in [0, 0.05) is 11.8 Å². The molecule has 0 atom stereocenters. The molecule has 180 valence electrons. The molecule has 0 spiro atoms. The van der Waals surface area contributed by atoms with Crippen molar-refractivity contribution in [3.63, 3.8) is 0 Å². The Labute approximate surface area is 190 Å². The van der Waals surface area contributed by atoms with Gasteiger partial charge in [0.15, 0.2) is 5.82 Å². The molecule has 0 radical (unpaired) electrons. The maximum atomic E-state index is 13.4. The number of methoxy groups -OCH3 is 1. The minimum Gasteiger partial charge on any atom is -0.496 e. The number of sulfonamides is 1. The van der Waals surface area contributed by atoms with Gasteiger partial charge in [0.05, 0.1) is 18.4 Å². The maximum Gasteiger partial charge on any atom is 0.492 e. The lowest BCUT2D eigenvalue weighted by Crippen LogP contribution is -2.35. The average Bonchev–Trinajstić information content (AvgIpc) is 2.77. The van der Waals surface area contributed by atoms with Gasteiger partial charge >= 0.3 is 12.1 Å². The van der Waals surface area contributed by atoms with E-state index in [2.05, 4.69) is 25.1 Å². The molecule has 2 aromatic carbocycles. The van der Waals surface area contributed by atoms with Crippen LogP contribution in [-0.2, 0) is 25.4 Å². The summed E-state index contributed by atoms with van der Waals surface area (Å²) in [5.41, 5.74) is 0.881. The molecule has 1 heterocycles. The number of nitrogens with one attached hydrogen (secondary N) is 2.